The van der Waals surface area contributed by atoms with Gasteiger partial charge in [-0.3, -0.25) is 19.6 Å². The molecule has 1 heterocycles. The lowest BCUT2D eigenvalue weighted by molar-refractivity contribution is -0.143. The molecule has 0 atom stereocenters. The predicted octanol–water partition coefficient (Wildman–Crippen LogP) is 2.57. The Morgan fingerprint density at radius 2 is 2.18 bits per heavy atom. The van der Waals surface area contributed by atoms with E-state index in [1.54, 1.807) is 6.92 Å². The molecule has 2 aromatic rings. The zero-order valence-corrected chi connectivity index (χ0v) is 13.4. The van der Waals surface area contributed by atoms with Crippen LogP contribution in [0.1, 0.15) is 11.8 Å². The summed E-state index contributed by atoms with van der Waals surface area (Å²) in [6.07, 6.45) is 1.45. The Balaban J connectivity index is 2.09. The quantitative estimate of drug-likeness (QED) is 0.499. The molecule has 0 amide bonds. The van der Waals surface area contributed by atoms with Crippen LogP contribution in [-0.2, 0) is 16.1 Å². The number of carbonyl (C=O) groups excluding carboxylic acids is 1. The number of hydrazone groups is 1. The van der Waals surface area contributed by atoms with Crippen LogP contribution < -0.4 is 10.3 Å². The molecule has 0 bridgehead atoms. The van der Waals surface area contributed by atoms with E-state index < -0.39 is 5.97 Å². The van der Waals surface area contributed by atoms with Crippen LogP contribution in [0.15, 0.2) is 40.2 Å². The number of anilines is 1. The molecule has 0 aliphatic heterocycles. The summed E-state index contributed by atoms with van der Waals surface area (Å²) in [6, 6.07) is 9.35. The van der Waals surface area contributed by atoms with Gasteiger partial charge in [-0.05, 0) is 19.1 Å². The predicted molar refractivity (Wildman–Crippen MR) is 87.9 cm³/mol. The van der Waals surface area contributed by atoms with Gasteiger partial charge < -0.3 is 4.74 Å². The van der Waals surface area contributed by atoms with E-state index in [-0.39, 0.29) is 23.2 Å². The van der Waals surface area contributed by atoms with E-state index in [0.717, 1.165) is 21.6 Å². The number of halogens is 1. The first-order valence-electron chi connectivity index (χ1n) is 6.50. The lowest BCUT2D eigenvalue weighted by atomic mass is 10.3. The third-order valence-corrected chi connectivity index (χ3v) is 4.03. The molecule has 1 N–H and O–H groups in total. The largest absolute Gasteiger partial charge is 0.465 e. The van der Waals surface area contributed by atoms with Crippen LogP contribution in [0.25, 0.3) is 0 Å². The molecule has 0 saturated carbocycles. The fourth-order valence-corrected chi connectivity index (χ4v) is 2.74. The number of nitrogens with one attached hydrogen (secondary N) is 1. The number of aromatic nitrogens is 1. The molecule has 0 unspecified atom stereocenters. The first-order valence-corrected chi connectivity index (χ1v) is 7.70. The average molecular weight is 340 g/mol. The smallest absolute Gasteiger partial charge is 0.326 e. The number of hydrogen-bond donors (Lipinski definition) is 1. The molecular formula is C14H14ClN3O3S. The van der Waals surface area contributed by atoms with Crippen molar-refractivity contribution in [3.05, 3.63) is 50.0 Å². The summed E-state index contributed by atoms with van der Waals surface area (Å²) in [5, 5.41) is 4.19. The molecule has 116 valence electrons. The zero-order valence-electron chi connectivity index (χ0n) is 11.8. The third-order valence-electron chi connectivity index (χ3n) is 2.60. The standard InChI is InChI=1S/C14H14ClN3O3S/c1-2-21-12(19)9-18-13(15)11(22-14(18)20)8-16-17-10-6-4-3-5-7-10/h3-8,17H,2,9H2,1H3/b16-8+. The summed E-state index contributed by atoms with van der Waals surface area (Å²) in [4.78, 5) is 23.4. The minimum atomic E-state index is -0.504. The Morgan fingerprint density at radius 1 is 1.45 bits per heavy atom. The lowest BCUT2D eigenvalue weighted by Crippen LogP contribution is -2.21. The molecule has 1 aromatic carbocycles. The minimum Gasteiger partial charge on any atom is -0.465 e. The van der Waals surface area contributed by atoms with Gasteiger partial charge in [-0.1, -0.05) is 41.1 Å². The van der Waals surface area contributed by atoms with Gasteiger partial charge in [-0.2, -0.15) is 5.10 Å². The van der Waals surface area contributed by atoms with E-state index in [0.29, 0.717) is 4.88 Å². The van der Waals surface area contributed by atoms with Crippen LogP contribution in [-0.4, -0.2) is 23.4 Å². The Kier molecular flexibility index (Phi) is 5.74. The number of nitrogens with zero attached hydrogens (tertiary/aromatic N) is 2. The van der Waals surface area contributed by atoms with E-state index in [1.165, 1.54) is 6.21 Å². The highest BCUT2D eigenvalue weighted by atomic mass is 35.5. The van der Waals surface area contributed by atoms with Crippen LogP contribution in [0, 0.1) is 0 Å². The topological polar surface area (TPSA) is 72.7 Å². The van der Waals surface area contributed by atoms with Crippen molar-refractivity contribution in [2.75, 3.05) is 12.0 Å². The van der Waals surface area contributed by atoms with Crippen molar-refractivity contribution < 1.29 is 9.53 Å². The van der Waals surface area contributed by atoms with Crippen molar-refractivity contribution in [2.45, 2.75) is 13.5 Å². The summed E-state index contributed by atoms with van der Waals surface area (Å²) in [5.74, 6) is -0.504. The number of hydrogen-bond acceptors (Lipinski definition) is 6. The lowest BCUT2D eigenvalue weighted by Gasteiger charge is -2.03. The van der Waals surface area contributed by atoms with Gasteiger partial charge >= 0.3 is 10.8 Å². The third kappa shape index (κ3) is 4.19. The van der Waals surface area contributed by atoms with E-state index in [9.17, 15) is 9.59 Å². The molecule has 0 saturated heterocycles. The van der Waals surface area contributed by atoms with Crippen molar-refractivity contribution in [3.8, 4) is 0 Å². The van der Waals surface area contributed by atoms with Gasteiger partial charge in [-0.25, -0.2) is 0 Å². The number of carbonyl (C=O) groups is 1. The fourth-order valence-electron chi connectivity index (χ4n) is 1.63. The normalized spacial score (nSPS) is 10.8. The van der Waals surface area contributed by atoms with Gasteiger partial charge in [0.15, 0.2) is 0 Å². The van der Waals surface area contributed by atoms with Gasteiger partial charge in [0, 0.05) is 0 Å². The van der Waals surface area contributed by atoms with Crippen molar-refractivity contribution in [3.63, 3.8) is 0 Å². The SMILES string of the molecule is CCOC(=O)Cn1c(Cl)c(/C=N/Nc2ccccc2)sc1=O. The van der Waals surface area contributed by atoms with E-state index in [4.69, 9.17) is 16.3 Å². The molecule has 0 spiro atoms. The van der Waals surface area contributed by atoms with E-state index in [2.05, 4.69) is 10.5 Å². The molecule has 0 radical (unpaired) electrons. The maximum absolute atomic E-state index is 11.8. The highest BCUT2D eigenvalue weighted by Crippen LogP contribution is 2.17. The van der Waals surface area contributed by atoms with E-state index >= 15 is 0 Å². The second kappa shape index (κ2) is 7.77. The number of esters is 1. The summed E-state index contributed by atoms with van der Waals surface area (Å²) in [7, 11) is 0. The van der Waals surface area contributed by atoms with Gasteiger partial charge in [0.2, 0.25) is 0 Å². The average Bonchev–Trinajstić information content (AvgIpc) is 2.76. The van der Waals surface area contributed by atoms with Crippen LogP contribution >= 0.6 is 22.9 Å². The summed E-state index contributed by atoms with van der Waals surface area (Å²) in [5.41, 5.74) is 3.64. The van der Waals surface area contributed by atoms with Crippen LogP contribution in [0.4, 0.5) is 5.69 Å². The molecule has 8 heteroatoms. The van der Waals surface area contributed by atoms with Gasteiger partial charge in [0.05, 0.1) is 23.4 Å². The number of benzene rings is 1. The fraction of sp³-hybridized carbons (Fsp3) is 0.214. The van der Waals surface area contributed by atoms with E-state index in [1.807, 2.05) is 30.3 Å². The van der Waals surface area contributed by atoms with Crippen LogP contribution in [0.3, 0.4) is 0 Å². The highest BCUT2D eigenvalue weighted by Gasteiger charge is 2.14. The number of rotatable bonds is 6. The van der Waals surface area contributed by atoms with Crippen LogP contribution in [0.5, 0.6) is 0 Å². The maximum atomic E-state index is 11.8. The summed E-state index contributed by atoms with van der Waals surface area (Å²) >= 11 is 7.02. The van der Waals surface area contributed by atoms with Gasteiger partial charge in [0.25, 0.3) is 0 Å². The van der Waals surface area contributed by atoms with Crippen molar-refractivity contribution in [2.24, 2.45) is 5.10 Å². The number of para-hydroxylation sites is 1. The van der Waals surface area contributed by atoms with Crippen molar-refractivity contribution in [1.82, 2.24) is 4.57 Å². The Bertz CT molecular complexity index is 725. The molecule has 0 fully saturated rings. The second-order valence-corrected chi connectivity index (χ2v) is 5.50. The summed E-state index contributed by atoms with van der Waals surface area (Å²) < 4.78 is 5.97. The molecule has 0 aliphatic carbocycles. The minimum absolute atomic E-state index is 0.168. The number of ether oxygens (including phenoxy) is 1. The molecule has 6 nitrogen and oxygen atoms in total. The van der Waals surface area contributed by atoms with Crippen molar-refractivity contribution in [1.29, 1.82) is 0 Å². The zero-order chi connectivity index (χ0) is 15.9. The number of thiazole rings is 1. The monoisotopic (exact) mass is 339 g/mol. The molecular weight excluding hydrogens is 326 g/mol. The molecule has 1 aromatic heterocycles. The first kappa shape index (κ1) is 16.3. The van der Waals surface area contributed by atoms with Crippen molar-refractivity contribution >= 4 is 40.8 Å². The highest BCUT2D eigenvalue weighted by molar-refractivity contribution is 7.11. The van der Waals surface area contributed by atoms with Crippen LogP contribution in [0.2, 0.25) is 5.15 Å². The Hall–Kier alpha value is -2.12. The second-order valence-electron chi connectivity index (χ2n) is 4.15. The Labute approximate surface area is 136 Å². The maximum Gasteiger partial charge on any atom is 0.326 e. The first-order chi connectivity index (χ1) is 10.6. The molecule has 2 rings (SSSR count). The summed E-state index contributed by atoms with van der Waals surface area (Å²) in [6.45, 7) is 1.75. The van der Waals surface area contributed by atoms with Gasteiger partial charge in [0.1, 0.15) is 11.7 Å². The molecule has 22 heavy (non-hydrogen) atoms. The molecule has 0 aliphatic rings. The van der Waals surface area contributed by atoms with Gasteiger partial charge in [-0.15, -0.1) is 0 Å². The Morgan fingerprint density at radius 3 is 2.86 bits per heavy atom.